The molecule has 162 valence electrons. The molecule has 0 radical (unpaired) electrons. The summed E-state index contributed by atoms with van der Waals surface area (Å²) in [6, 6.07) is 14.6. The molecular formula is C23H23N7OS. The Bertz CT molecular complexity index is 1400. The quantitative estimate of drug-likeness (QED) is 0.395. The maximum Gasteiger partial charge on any atom is 0.191 e. The summed E-state index contributed by atoms with van der Waals surface area (Å²) in [6.07, 6.45) is 4.40. The van der Waals surface area contributed by atoms with Gasteiger partial charge in [0, 0.05) is 42.1 Å². The summed E-state index contributed by atoms with van der Waals surface area (Å²) in [5.41, 5.74) is 5.29. The van der Waals surface area contributed by atoms with Gasteiger partial charge in [-0.2, -0.15) is 0 Å². The van der Waals surface area contributed by atoms with Crippen LogP contribution >= 0.6 is 11.8 Å². The Kier molecular flexibility index (Phi) is 4.92. The van der Waals surface area contributed by atoms with Crippen LogP contribution in [0.5, 0.6) is 0 Å². The molecule has 3 aromatic heterocycles. The zero-order valence-corrected chi connectivity index (χ0v) is 18.5. The zero-order valence-electron chi connectivity index (χ0n) is 17.7. The Morgan fingerprint density at radius 3 is 3.00 bits per heavy atom. The van der Waals surface area contributed by atoms with Gasteiger partial charge in [-0.15, -0.1) is 15.3 Å². The standard InChI is InChI=1S/C23H23N7OS/c1-29-21-9-8-15(11-20(21)25-28-29)14-32-23-27-26-22(30(23)13-16-5-4-10-31-16)18-12-24-19-7-3-2-6-17(18)19/h2-3,6-9,11-12,16,24H,4-5,10,13-14H2,1H3/t16-/m1/s1. The second-order valence-electron chi connectivity index (χ2n) is 8.12. The number of nitrogens with zero attached hydrogens (tertiary/aromatic N) is 6. The maximum absolute atomic E-state index is 5.94. The van der Waals surface area contributed by atoms with Gasteiger partial charge in [-0.05, 0) is 36.6 Å². The van der Waals surface area contributed by atoms with E-state index in [1.807, 2.05) is 19.3 Å². The van der Waals surface area contributed by atoms with Crippen LogP contribution in [0.1, 0.15) is 18.4 Å². The first kappa shape index (κ1) is 19.5. The fourth-order valence-electron chi connectivity index (χ4n) is 4.33. The van der Waals surface area contributed by atoms with E-state index in [1.165, 1.54) is 5.56 Å². The highest BCUT2D eigenvalue weighted by Crippen LogP contribution is 2.32. The van der Waals surface area contributed by atoms with Crippen molar-refractivity contribution < 1.29 is 4.74 Å². The fraction of sp³-hybridized carbons (Fsp3) is 0.304. The van der Waals surface area contributed by atoms with Crippen LogP contribution in [-0.2, 0) is 24.1 Å². The fourth-order valence-corrected chi connectivity index (χ4v) is 5.22. The largest absolute Gasteiger partial charge is 0.376 e. The van der Waals surface area contributed by atoms with Crippen molar-refractivity contribution in [1.82, 2.24) is 34.7 Å². The van der Waals surface area contributed by atoms with E-state index in [9.17, 15) is 0 Å². The molecule has 0 spiro atoms. The lowest BCUT2D eigenvalue weighted by Gasteiger charge is -2.14. The molecule has 0 bridgehead atoms. The molecule has 1 N–H and O–H groups in total. The number of rotatable bonds is 6. The van der Waals surface area contributed by atoms with Crippen LogP contribution < -0.4 is 0 Å². The summed E-state index contributed by atoms with van der Waals surface area (Å²) in [5.74, 6) is 1.66. The Morgan fingerprint density at radius 1 is 1.16 bits per heavy atom. The minimum Gasteiger partial charge on any atom is -0.376 e. The summed E-state index contributed by atoms with van der Waals surface area (Å²) in [6.45, 7) is 1.59. The van der Waals surface area contributed by atoms with Crippen molar-refractivity contribution >= 4 is 33.7 Å². The average molecular weight is 446 g/mol. The van der Waals surface area contributed by atoms with Crippen LogP contribution in [0, 0.1) is 0 Å². The summed E-state index contributed by atoms with van der Waals surface area (Å²) in [7, 11) is 1.91. The highest BCUT2D eigenvalue weighted by Gasteiger charge is 2.23. The molecule has 5 aromatic rings. The van der Waals surface area contributed by atoms with Gasteiger partial charge in [-0.3, -0.25) is 4.57 Å². The molecule has 0 unspecified atom stereocenters. The molecule has 6 rings (SSSR count). The Balaban J connectivity index is 1.33. The molecular weight excluding hydrogens is 422 g/mol. The topological polar surface area (TPSA) is 86.4 Å². The average Bonchev–Trinajstić information content (AvgIpc) is 3.60. The molecule has 8 nitrogen and oxygen atoms in total. The number of para-hydroxylation sites is 1. The predicted octanol–water partition coefficient (Wildman–Crippen LogP) is 4.18. The van der Waals surface area contributed by atoms with Gasteiger partial charge in [-0.1, -0.05) is 41.2 Å². The molecule has 9 heteroatoms. The minimum atomic E-state index is 0.199. The normalized spacial score (nSPS) is 16.5. The van der Waals surface area contributed by atoms with Crippen LogP contribution in [0.25, 0.3) is 33.3 Å². The lowest BCUT2D eigenvalue weighted by molar-refractivity contribution is 0.0953. The summed E-state index contributed by atoms with van der Waals surface area (Å²) in [5, 5.41) is 19.6. The van der Waals surface area contributed by atoms with Crippen molar-refractivity contribution in [3.05, 3.63) is 54.2 Å². The summed E-state index contributed by atoms with van der Waals surface area (Å²) in [4.78, 5) is 3.36. The maximum atomic E-state index is 5.94. The van der Waals surface area contributed by atoms with Gasteiger partial charge in [0.05, 0.1) is 18.2 Å². The molecule has 1 saturated heterocycles. The van der Waals surface area contributed by atoms with Crippen LogP contribution in [-0.4, -0.2) is 47.5 Å². The van der Waals surface area contributed by atoms with Crippen LogP contribution in [0.4, 0.5) is 0 Å². The van der Waals surface area contributed by atoms with Gasteiger partial charge < -0.3 is 9.72 Å². The molecule has 1 aliphatic heterocycles. The third-order valence-electron chi connectivity index (χ3n) is 6.00. The van der Waals surface area contributed by atoms with Gasteiger partial charge in [0.15, 0.2) is 11.0 Å². The number of aromatic nitrogens is 7. The third kappa shape index (κ3) is 3.47. The molecule has 1 aliphatic rings. The highest BCUT2D eigenvalue weighted by atomic mass is 32.2. The number of ether oxygens (including phenoxy) is 1. The Labute approximate surface area is 189 Å². The van der Waals surface area contributed by atoms with Crippen LogP contribution in [0.2, 0.25) is 0 Å². The van der Waals surface area contributed by atoms with Crippen LogP contribution in [0.3, 0.4) is 0 Å². The second-order valence-corrected chi connectivity index (χ2v) is 9.07. The molecule has 0 saturated carbocycles. The zero-order chi connectivity index (χ0) is 21.5. The molecule has 1 atom stereocenters. The van der Waals surface area contributed by atoms with Gasteiger partial charge >= 0.3 is 0 Å². The molecule has 0 aliphatic carbocycles. The molecule has 0 amide bonds. The van der Waals surface area contributed by atoms with E-state index in [-0.39, 0.29) is 6.10 Å². The van der Waals surface area contributed by atoms with Crippen molar-refractivity contribution in [2.45, 2.75) is 36.4 Å². The van der Waals surface area contributed by atoms with Gasteiger partial charge in [0.25, 0.3) is 0 Å². The summed E-state index contributed by atoms with van der Waals surface area (Å²) >= 11 is 1.69. The van der Waals surface area contributed by atoms with E-state index < -0.39 is 0 Å². The van der Waals surface area contributed by atoms with Crippen LogP contribution in [0.15, 0.2) is 53.8 Å². The molecule has 2 aromatic carbocycles. The van der Waals surface area contributed by atoms with Gasteiger partial charge in [0.2, 0.25) is 0 Å². The number of thioether (sulfide) groups is 1. The SMILES string of the molecule is Cn1nnc2cc(CSc3nnc(-c4c[nH]c5ccccc45)n3C[C@H]3CCCO3)ccc21. The van der Waals surface area contributed by atoms with Gasteiger partial charge in [0.1, 0.15) is 5.52 Å². The van der Waals surface area contributed by atoms with Crippen molar-refractivity contribution in [2.24, 2.45) is 7.05 Å². The first-order valence-corrected chi connectivity index (χ1v) is 11.8. The Morgan fingerprint density at radius 2 is 2.09 bits per heavy atom. The molecule has 4 heterocycles. The van der Waals surface area contributed by atoms with Gasteiger partial charge in [-0.25, -0.2) is 4.68 Å². The monoisotopic (exact) mass is 445 g/mol. The van der Waals surface area contributed by atoms with E-state index >= 15 is 0 Å². The van der Waals surface area contributed by atoms with Crippen molar-refractivity contribution in [1.29, 1.82) is 0 Å². The number of hydrogen-bond donors (Lipinski definition) is 1. The third-order valence-corrected chi connectivity index (χ3v) is 7.04. The minimum absolute atomic E-state index is 0.199. The lowest BCUT2D eigenvalue weighted by Crippen LogP contribution is -2.16. The van der Waals surface area contributed by atoms with E-state index in [4.69, 9.17) is 4.74 Å². The first-order valence-electron chi connectivity index (χ1n) is 10.8. The first-order chi connectivity index (χ1) is 15.8. The summed E-state index contributed by atoms with van der Waals surface area (Å²) < 4.78 is 9.95. The number of fused-ring (bicyclic) bond motifs is 2. The smallest absolute Gasteiger partial charge is 0.191 e. The number of H-pyrrole nitrogens is 1. The predicted molar refractivity (Wildman–Crippen MR) is 124 cm³/mol. The molecule has 32 heavy (non-hydrogen) atoms. The van der Waals surface area contributed by atoms with E-state index in [2.05, 4.69) is 66.5 Å². The van der Waals surface area contributed by atoms with E-state index in [0.717, 1.165) is 70.2 Å². The second kappa shape index (κ2) is 8.07. The highest BCUT2D eigenvalue weighted by molar-refractivity contribution is 7.98. The van der Waals surface area contributed by atoms with Crippen molar-refractivity contribution in [3.8, 4) is 11.4 Å². The van der Waals surface area contributed by atoms with Crippen molar-refractivity contribution in [2.75, 3.05) is 6.61 Å². The lowest BCUT2D eigenvalue weighted by atomic mass is 10.1. The number of nitrogens with one attached hydrogen (secondary N) is 1. The Hall–Kier alpha value is -3.17. The van der Waals surface area contributed by atoms with E-state index in [1.54, 1.807) is 16.4 Å². The number of aromatic amines is 1. The number of hydrogen-bond acceptors (Lipinski definition) is 6. The van der Waals surface area contributed by atoms with Crippen molar-refractivity contribution in [3.63, 3.8) is 0 Å². The van der Waals surface area contributed by atoms with E-state index in [0.29, 0.717) is 0 Å². The number of aryl methyl sites for hydroxylation is 1. The molecule has 1 fully saturated rings. The number of benzene rings is 2.